The maximum atomic E-state index is 6.01. The molecular weight excluding hydrogens is 588 g/mol. The molecule has 37 heavy (non-hydrogen) atoms. The van der Waals surface area contributed by atoms with Gasteiger partial charge in [-0.25, -0.2) is 0 Å². The Hall–Kier alpha value is -2.00. The molecule has 0 bridgehead atoms. The molecule has 1 aliphatic heterocycles. The zero-order chi connectivity index (χ0) is 27.4. The van der Waals surface area contributed by atoms with E-state index >= 15 is 0 Å². The molecule has 4 rings (SSSR count). The van der Waals surface area contributed by atoms with Crippen molar-refractivity contribution in [3.63, 3.8) is 0 Å². The van der Waals surface area contributed by atoms with Crippen LogP contribution in [0.15, 0.2) is 47.5 Å². The zero-order valence-corrected chi connectivity index (χ0v) is 26.1. The van der Waals surface area contributed by atoms with E-state index in [9.17, 15) is 0 Å². The van der Waals surface area contributed by atoms with Gasteiger partial charge in [0.1, 0.15) is 0 Å². The maximum absolute atomic E-state index is 6.01. The molecule has 0 saturated carbocycles. The molecule has 197 valence electrons. The Morgan fingerprint density at radius 3 is 2.03 bits per heavy atom. The largest absolute Gasteiger partial charge is 0.493 e. The van der Waals surface area contributed by atoms with Gasteiger partial charge in [-0.05, 0) is 44.4 Å². The van der Waals surface area contributed by atoms with E-state index in [-0.39, 0.29) is 12.1 Å². The summed E-state index contributed by atoms with van der Waals surface area (Å²) in [6.45, 7) is 17.8. The van der Waals surface area contributed by atoms with Gasteiger partial charge in [0.25, 0.3) is 0 Å². The number of anilines is 1. The Bertz CT molecular complexity index is 1220. The topological polar surface area (TPSA) is 24.8 Å². The van der Waals surface area contributed by atoms with Crippen LogP contribution in [0, 0.1) is 41.5 Å². The van der Waals surface area contributed by atoms with Crippen molar-refractivity contribution in [3.05, 3.63) is 92.0 Å². The van der Waals surface area contributed by atoms with Crippen molar-refractivity contribution < 1.29 is 22.6 Å². The maximum Gasteiger partial charge on any atom is 0.0706 e. The van der Waals surface area contributed by atoms with E-state index < -0.39 is 0 Å². The SMILES string of the molecule is CC(C)Oc1c(Cl)cccc1[C](Cl)=[Ru+].Cc1cc(C)c(C2CN(c3c(C)cc(C)cc3C)[C-]=N2)c(C)c1. The van der Waals surface area contributed by atoms with E-state index in [1.807, 2.05) is 26.0 Å². The van der Waals surface area contributed by atoms with Gasteiger partial charge in [-0.1, -0.05) is 55.6 Å². The molecule has 0 radical (unpaired) electrons. The second-order valence-electron chi connectivity index (χ2n) is 9.95. The van der Waals surface area contributed by atoms with Crippen molar-refractivity contribution in [1.29, 1.82) is 0 Å². The van der Waals surface area contributed by atoms with Gasteiger partial charge in [-0.3, -0.25) is 0 Å². The van der Waals surface area contributed by atoms with Gasteiger partial charge in [-0.2, -0.15) is 0 Å². The number of hydrogen-bond acceptors (Lipinski definition) is 3. The number of benzene rings is 3. The fourth-order valence-corrected chi connectivity index (χ4v) is 5.72. The summed E-state index contributed by atoms with van der Waals surface area (Å²) in [6, 6.07) is 14.7. The minimum atomic E-state index is 0.0799. The Labute approximate surface area is 242 Å². The Balaban J connectivity index is 0.000000233. The van der Waals surface area contributed by atoms with Gasteiger partial charge in [0.2, 0.25) is 0 Å². The van der Waals surface area contributed by atoms with E-state index in [1.165, 1.54) is 44.6 Å². The van der Waals surface area contributed by atoms with Crippen molar-refractivity contribution in [3.8, 4) is 5.75 Å². The summed E-state index contributed by atoms with van der Waals surface area (Å²) in [5.41, 5.74) is 11.3. The van der Waals surface area contributed by atoms with E-state index in [0.29, 0.717) is 14.3 Å². The summed E-state index contributed by atoms with van der Waals surface area (Å²) >= 11 is 14.3. The number of para-hydroxylation sites is 1. The van der Waals surface area contributed by atoms with Crippen molar-refractivity contribution in [2.75, 3.05) is 11.4 Å². The van der Waals surface area contributed by atoms with E-state index in [0.717, 1.165) is 12.1 Å². The van der Waals surface area contributed by atoms with Crippen LogP contribution in [0.5, 0.6) is 5.75 Å². The Morgan fingerprint density at radius 1 is 0.973 bits per heavy atom. The van der Waals surface area contributed by atoms with Crippen LogP contribution in [0.2, 0.25) is 5.02 Å². The normalized spacial score (nSPS) is 14.6. The molecule has 1 atom stereocenters. The molecule has 0 fully saturated rings. The number of halogens is 2. The molecule has 0 aromatic heterocycles. The summed E-state index contributed by atoms with van der Waals surface area (Å²) < 4.78 is 6.20. The molecule has 0 aliphatic carbocycles. The fourth-order valence-electron chi connectivity index (χ4n) is 5.01. The second-order valence-corrected chi connectivity index (χ2v) is 12.1. The number of ether oxygens (including phenoxy) is 1. The summed E-state index contributed by atoms with van der Waals surface area (Å²) in [7, 11) is 0. The summed E-state index contributed by atoms with van der Waals surface area (Å²) in [4.78, 5) is 6.88. The Morgan fingerprint density at radius 2 is 1.51 bits per heavy atom. The minimum absolute atomic E-state index is 0.0799. The van der Waals surface area contributed by atoms with Gasteiger partial charge in [0.05, 0.1) is 6.04 Å². The number of hydrogen-bond donors (Lipinski definition) is 0. The number of aliphatic imine (C=N–C) groups is 1. The molecule has 1 heterocycles. The van der Waals surface area contributed by atoms with Crippen LogP contribution >= 0.6 is 23.2 Å². The van der Waals surface area contributed by atoms with Crippen molar-refractivity contribution >= 4 is 38.8 Å². The summed E-state index contributed by atoms with van der Waals surface area (Å²) in [5, 5.41) is 0.583. The average molecular weight is 624 g/mol. The first-order valence-electron chi connectivity index (χ1n) is 12.4. The molecule has 0 N–H and O–H groups in total. The molecule has 3 nitrogen and oxygen atoms in total. The van der Waals surface area contributed by atoms with E-state index in [2.05, 4.69) is 94.9 Å². The molecule has 0 spiro atoms. The van der Waals surface area contributed by atoms with Gasteiger partial charge < -0.3 is 9.89 Å². The summed E-state index contributed by atoms with van der Waals surface area (Å²) in [6.07, 6.45) is 3.33. The van der Waals surface area contributed by atoms with Crippen LogP contribution in [-0.4, -0.2) is 22.6 Å². The van der Waals surface area contributed by atoms with Gasteiger partial charge in [0.15, 0.2) is 0 Å². The van der Waals surface area contributed by atoms with Crippen LogP contribution < -0.4 is 9.64 Å². The van der Waals surface area contributed by atoms with Crippen molar-refractivity contribution in [2.24, 2.45) is 4.99 Å². The standard InChI is InChI=1S/C21H25N2.C10H10Cl2O.Ru/c1-13-7-15(3)20(16(4)8-13)19-11-23(12-22-19)21-17(5)9-14(2)10-18(21)6;1-7(2)13-10-8(6-11)4-3-5-9(10)12;/h7-10,19H,11H2,1-6H3;3-5,7H,1-2H3;/q-1;;+1. The zero-order valence-electron chi connectivity index (χ0n) is 22.8. The quantitative estimate of drug-likeness (QED) is 0.211. The van der Waals surface area contributed by atoms with Crippen LogP contribution in [-0.2, 0) is 17.9 Å². The average Bonchev–Trinajstić information content (AvgIpc) is 3.22. The van der Waals surface area contributed by atoms with Gasteiger partial charge in [-0.15, -0.1) is 16.8 Å². The fraction of sp³-hybridized carbons (Fsp3) is 0.355. The molecule has 1 unspecified atom stereocenters. The van der Waals surface area contributed by atoms with Crippen LogP contribution in [0.1, 0.15) is 64.4 Å². The van der Waals surface area contributed by atoms with Crippen LogP contribution in [0.4, 0.5) is 5.69 Å². The van der Waals surface area contributed by atoms with Crippen LogP contribution in [0.25, 0.3) is 0 Å². The Kier molecular flexibility index (Phi) is 10.1. The third kappa shape index (κ3) is 7.31. The predicted octanol–water partition coefficient (Wildman–Crippen LogP) is 8.39. The molecule has 0 amide bonds. The monoisotopic (exact) mass is 623 g/mol. The molecule has 0 saturated heterocycles. The van der Waals surface area contributed by atoms with E-state index in [4.69, 9.17) is 32.9 Å². The first-order chi connectivity index (χ1) is 17.4. The summed E-state index contributed by atoms with van der Waals surface area (Å²) in [5.74, 6) is 0.646. The molecule has 3 aromatic carbocycles. The smallest absolute Gasteiger partial charge is 0.0706 e. The number of nitrogens with zero attached hydrogens (tertiary/aromatic N) is 2. The number of aryl methyl sites for hydroxylation is 6. The van der Waals surface area contributed by atoms with Crippen molar-refractivity contribution in [2.45, 2.75) is 67.5 Å². The first-order valence-corrected chi connectivity index (χ1v) is 14.0. The van der Waals surface area contributed by atoms with E-state index in [1.54, 1.807) is 6.07 Å². The number of rotatable bonds is 5. The predicted molar refractivity (Wildman–Crippen MR) is 156 cm³/mol. The molecular formula is C31H35Cl2N2ORu. The molecule has 3 aromatic rings. The van der Waals surface area contributed by atoms with Crippen LogP contribution in [0.3, 0.4) is 0 Å². The van der Waals surface area contributed by atoms with Gasteiger partial charge in [0, 0.05) is 6.54 Å². The molecule has 1 aliphatic rings. The second kappa shape index (κ2) is 12.7. The van der Waals surface area contributed by atoms with Crippen molar-refractivity contribution in [1.82, 2.24) is 0 Å². The third-order valence-electron chi connectivity index (χ3n) is 6.18. The first kappa shape index (κ1) is 29.6. The minimum Gasteiger partial charge on any atom is -0.493 e. The third-order valence-corrected chi connectivity index (χ3v) is 7.15. The molecule has 6 heteroatoms. The van der Waals surface area contributed by atoms with Gasteiger partial charge >= 0.3 is 104 Å².